The molecule has 2 fully saturated rings. The number of nitrogens with zero attached hydrogens (tertiary/aromatic N) is 1. The van der Waals surface area contributed by atoms with E-state index in [1.165, 1.54) is 0 Å². The molecule has 2 aliphatic rings. The van der Waals surface area contributed by atoms with E-state index in [1.54, 1.807) is 23.4 Å². The Balaban J connectivity index is 1.45. The fraction of sp³-hybridized carbons (Fsp3) is 0.600. The van der Waals surface area contributed by atoms with E-state index in [2.05, 4.69) is 21.8 Å². The molecule has 21 heavy (non-hydrogen) atoms. The van der Waals surface area contributed by atoms with Crippen LogP contribution in [0.5, 0.6) is 0 Å². The van der Waals surface area contributed by atoms with Gasteiger partial charge in [-0.3, -0.25) is 9.52 Å². The number of hydrogen-bond donors (Lipinski definition) is 2. The van der Waals surface area contributed by atoms with Crippen molar-refractivity contribution in [2.45, 2.75) is 56.5 Å². The Morgan fingerprint density at radius 3 is 2.67 bits per heavy atom. The highest BCUT2D eigenvalue weighted by Gasteiger charge is 2.29. The summed E-state index contributed by atoms with van der Waals surface area (Å²) in [7, 11) is 0. The third kappa shape index (κ3) is 3.89. The van der Waals surface area contributed by atoms with Gasteiger partial charge in [-0.2, -0.15) is 0 Å². The second-order valence-electron chi connectivity index (χ2n) is 5.81. The molecule has 2 aliphatic carbocycles. The Bertz CT molecular complexity index is 505. The maximum absolute atomic E-state index is 12.2. The molecule has 0 atom stereocenters. The molecule has 1 aromatic heterocycles. The van der Waals surface area contributed by atoms with Crippen LogP contribution in [-0.2, 0) is 0 Å². The minimum atomic E-state index is -0.109. The molecule has 0 aliphatic heterocycles. The normalized spacial score (nSPS) is 25.5. The minimum Gasteiger partial charge on any atom is -0.360 e. The van der Waals surface area contributed by atoms with Crippen molar-refractivity contribution < 1.29 is 9.32 Å². The number of aromatic nitrogens is 1. The Morgan fingerprint density at radius 1 is 1.29 bits per heavy atom. The third-order valence-corrected chi connectivity index (χ3v) is 4.76. The van der Waals surface area contributed by atoms with Crippen molar-refractivity contribution in [3.8, 4) is 0 Å². The van der Waals surface area contributed by atoms with Crippen molar-refractivity contribution in [1.82, 2.24) is 15.2 Å². The van der Waals surface area contributed by atoms with E-state index in [1.807, 2.05) is 0 Å². The zero-order chi connectivity index (χ0) is 14.7. The third-order valence-electron chi connectivity index (χ3n) is 4.12. The molecular formula is C15H21N3O2S. The van der Waals surface area contributed by atoms with E-state index < -0.39 is 0 Å². The zero-order valence-corrected chi connectivity index (χ0v) is 12.8. The summed E-state index contributed by atoms with van der Waals surface area (Å²) in [6, 6.07) is 2.54. The Kier molecular flexibility index (Phi) is 4.65. The molecule has 1 amide bonds. The van der Waals surface area contributed by atoms with Gasteiger partial charge in [0.1, 0.15) is 5.76 Å². The van der Waals surface area contributed by atoms with Crippen molar-refractivity contribution in [3.05, 3.63) is 29.5 Å². The summed E-state index contributed by atoms with van der Waals surface area (Å²) in [5, 5.41) is 8.75. The van der Waals surface area contributed by atoms with Gasteiger partial charge in [-0.15, -0.1) is 0 Å². The van der Waals surface area contributed by atoms with Crippen LogP contribution in [0.25, 0.3) is 0 Å². The number of hydrogen-bond acceptors (Lipinski definition) is 5. The number of carbonyl (C=O) groups excluding carboxylic acids is 1. The van der Waals surface area contributed by atoms with Crippen LogP contribution >= 0.6 is 11.9 Å². The molecule has 6 heteroatoms. The molecule has 0 spiro atoms. The van der Waals surface area contributed by atoms with Crippen LogP contribution < -0.4 is 10.0 Å². The van der Waals surface area contributed by atoms with Crippen molar-refractivity contribution in [2.24, 2.45) is 0 Å². The van der Waals surface area contributed by atoms with Gasteiger partial charge in [0.05, 0.1) is 0 Å². The lowest BCUT2D eigenvalue weighted by Crippen LogP contribution is -2.40. The summed E-state index contributed by atoms with van der Waals surface area (Å²) in [5.74, 6) is 1.24. The van der Waals surface area contributed by atoms with E-state index >= 15 is 0 Å². The number of rotatable bonds is 6. The van der Waals surface area contributed by atoms with E-state index in [0.29, 0.717) is 17.7 Å². The van der Waals surface area contributed by atoms with Crippen molar-refractivity contribution in [1.29, 1.82) is 0 Å². The van der Waals surface area contributed by atoms with Gasteiger partial charge < -0.3 is 9.84 Å². The molecule has 1 heterocycles. The summed E-state index contributed by atoms with van der Waals surface area (Å²) < 4.78 is 8.59. The fourth-order valence-electron chi connectivity index (χ4n) is 2.72. The maximum Gasteiger partial charge on any atom is 0.273 e. The van der Waals surface area contributed by atoms with E-state index in [-0.39, 0.29) is 11.9 Å². The summed E-state index contributed by atoms with van der Waals surface area (Å²) in [6.07, 6.45) is 6.42. The first-order chi connectivity index (χ1) is 10.3. The van der Waals surface area contributed by atoms with Gasteiger partial charge >= 0.3 is 0 Å². The van der Waals surface area contributed by atoms with Crippen LogP contribution in [0.3, 0.4) is 0 Å². The van der Waals surface area contributed by atoms with Gasteiger partial charge in [-0.05, 0) is 43.9 Å². The van der Waals surface area contributed by atoms with Gasteiger partial charge in [0, 0.05) is 24.1 Å². The van der Waals surface area contributed by atoms with Gasteiger partial charge in [0.25, 0.3) is 5.91 Å². The van der Waals surface area contributed by atoms with Crippen LogP contribution in [0, 0.1) is 0 Å². The largest absolute Gasteiger partial charge is 0.360 e. The summed E-state index contributed by atoms with van der Waals surface area (Å²) in [6.45, 7) is 3.68. The molecule has 0 saturated heterocycles. The van der Waals surface area contributed by atoms with Crippen molar-refractivity contribution >= 4 is 17.9 Å². The summed E-state index contributed by atoms with van der Waals surface area (Å²) in [4.78, 5) is 12.2. The fourth-order valence-corrected chi connectivity index (χ4v) is 3.24. The van der Waals surface area contributed by atoms with Crippen LogP contribution in [0.4, 0.5) is 0 Å². The first-order valence-corrected chi connectivity index (χ1v) is 8.44. The average molecular weight is 307 g/mol. The topological polar surface area (TPSA) is 67.2 Å². The molecule has 0 unspecified atom stereocenters. The molecular weight excluding hydrogens is 286 g/mol. The minimum absolute atomic E-state index is 0.109. The van der Waals surface area contributed by atoms with E-state index in [4.69, 9.17) is 4.52 Å². The Labute approximate surface area is 129 Å². The standard InChI is InChI=1S/C15H21N3O2S/c1-2-21-18-12-7-5-11(6-8-12)16-15(19)13-9-14(20-17-13)10-3-4-10/h2,9-12,18H,1,3-8H2,(H,16,19). The highest BCUT2D eigenvalue weighted by Crippen LogP contribution is 2.40. The molecule has 0 radical (unpaired) electrons. The number of carbonyl (C=O) groups is 1. The van der Waals surface area contributed by atoms with Crippen molar-refractivity contribution in [2.75, 3.05) is 0 Å². The zero-order valence-electron chi connectivity index (χ0n) is 12.0. The summed E-state index contributed by atoms with van der Waals surface area (Å²) >= 11 is 1.54. The van der Waals surface area contributed by atoms with E-state index in [0.717, 1.165) is 44.3 Å². The maximum atomic E-state index is 12.2. The van der Waals surface area contributed by atoms with Crippen LogP contribution in [-0.4, -0.2) is 23.1 Å². The molecule has 2 N–H and O–H groups in total. The SMILES string of the molecule is C=CSNC1CCC(NC(=O)c2cc(C3CC3)on2)CC1. The highest BCUT2D eigenvalue weighted by atomic mass is 32.2. The first kappa shape index (κ1) is 14.7. The summed E-state index contributed by atoms with van der Waals surface area (Å²) in [5.41, 5.74) is 0.416. The van der Waals surface area contributed by atoms with Crippen LogP contribution in [0.2, 0.25) is 0 Å². The van der Waals surface area contributed by atoms with E-state index in [9.17, 15) is 4.79 Å². The van der Waals surface area contributed by atoms with Crippen LogP contribution in [0.1, 0.15) is 60.7 Å². The lowest BCUT2D eigenvalue weighted by atomic mass is 9.92. The Morgan fingerprint density at radius 2 is 2.00 bits per heavy atom. The monoisotopic (exact) mass is 307 g/mol. The quantitative estimate of drug-likeness (QED) is 0.791. The van der Waals surface area contributed by atoms with Crippen LogP contribution in [0.15, 0.2) is 22.6 Å². The smallest absolute Gasteiger partial charge is 0.273 e. The van der Waals surface area contributed by atoms with Gasteiger partial charge in [0.15, 0.2) is 5.69 Å². The molecule has 5 nitrogen and oxygen atoms in total. The molecule has 0 aromatic carbocycles. The van der Waals surface area contributed by atoms with Gasteiger partial charge in [0.2, 0.25) is 0 Å². The second kappa shape index (κ2) is 6.66. The highest BCUT2D eigenvalue weighted by molar-refractivity contribution is 8.00. The lowest BCUT2D eigenvalue weighted by Gasteiger charge is -2.28. The van der Waals surface area contributed by atoms with Gasteiger partial charge in [-0.1, -0.05) is 23.7 Å². The predicted molar refractivity (Wildman–Crippen MR) is 82.9 cm³/mol. The van der Waals surface area contributed by atoms with Crippen molar-refractivity contribution in [3.63, 3.8) is 0 Å². The predicted octanol–water partition coefficient (Wildman–Crippen LogP) is 2.97. The Hall–Kier alpha value is -1.27. The molecule has 0 bridgehead atoms. The number of amides is 1. The molecule has 3 rings (SSSR count). The second-order valence-corrected chi connectivity index (χ2v) is 6.62. The van der Waals surface area contributed by atoms with Gasteiger partial charge in [-0.25, -0.2) is 0 Å². The number of nitrogens with one attached hydrogen (secondary N) is 2. The molecule has 2 saturated carbocycles. The molecule has 1 aromatic rings. The molecule has 114 valence electrons. The first-order valence-electron chi connectivity index (χ1n) is 7.56. The lowest BCUT2D eigenvalue weighted by molar-refractivity contribution is 0.0916. The average Bonchev–Trinajstić information content (AvgIpc) is 3.23.